The first kappa shape index (κ1) is 16.2. The van der Waals surface area contributed by atoms with Crippen molar-refractivity contribution in [2.24, 2.45) is 5.92 Å². The second-order valence-electron chi connectivity index (χ2n) is 6.46. The van der Waals surface area contributed by atoms with Gasteiger partial charge in [0, 0.05) is 12.1 Å². The molecule has 0 N–H and O–H groups in total. The van der Waals surface area contributed by atoms with Crippen molar-refractivity contribution in [3.8, 4) is 0 Å². The number of rotatable bonds is 6. The average Bonchev–Trinajstić information content (AvgIpc) is 2.49. The molecule has 0 aromatic heterocycles. The zero-order chi connectivity index (χ0) is 15.2. The predicted molar refractivity (Wildman–Crippen MR) is 87.9 cm³/mol. The summed E-state index contributed by atoms with van der Waals surface area (Å²) in [5, 5.41) is 0. The van der Waals surface area contributed by atoms with Crippen LogP contribution in [0.5, 0.6) is 0 Å². The third-order valence-electron chi connectivity index (χ3n) is 4.38. The highest BCUT2D eigenvalue weighted by atomic mass is 16.1. The van der Waals surface area contributed by atoms with Crippen molar-refractivity contribution in [3.05, 3.63) is 35.4 Å². The largest absolute Gasteiger partial charge is 0.309 e. The number of ketones is 1. The summed E-state index contributed by atoms with van der Waals surface area (Å²) in [6.07, 6.45) is 3.44. The maximum Gasteiger partial charge on any atom is 0.176 e. The van der Waals surface area contributed by atoms with Gasteiger partial charge in [-0.15, -0.1) is 0 Å². The number of hydrogen-bond acceptors (Lipinski definition) is 3. The van der Waals surface area contributed by atoms with Gasteiger partial charge in [0.05, 0.1) is 6.54 Å². The fourth-order valence-electron chi connectivity index (χ4n) is 3.06. The van der Waals surface area contributed by atoms with Crippen LogP contribution in [0.2, 0.25) is 0 Å². The smallest absolute Gasteiger partial charge is 0.176 e. The number of aryl methyl sites for hydroxylation is 1. The Bertz CT molecular complexity index is 445. The van der Waals surface area contributed by atoms with Crippen LogP contribution in [0.25, 0.3) is 0 Å². The molecule has 21 heavy (non-hydrogen) atoms. The molecule has 1 aliphatic heterocycles. The third kappa shape index (κ3) is 4.94. The number of nitrogens with zero attached hydrogens (tertiary/aromatic N) is 2. The lowest BCUT2D eigenvalue weighted by Gasteiger charge is -2.32. The molecule has 0 radical (unpaired) electrons. The molecule has 1 aliphatic rings. The van der Waals surface area contributed by atoms with E-state index in [1.54, 1.807) is 0 Å². The summed E-state index contributed by atoms with van der Waals surface area (Å²) in [5.74, 6) is 1.04. The molecular formula is C18H28N2O. The minimum absolute atomic E-state index is 0.253. The van der Waals surface area contributed by atoms with E-state index in [1.807, 2.05) is 12.1 Å². The van der Waals surface area contributed by atoms with Crippen molar-refractivity contribution >= 4 is 5.78 Å². The Labute approximate surface area is 128 Å². The van der Waals surface area contributed by atoms with E-state index < -0.39 is 0 Å². The highest BCUT2D eigenvalue weighted by molar-refractivity contribution is 5.97. The van der Waals surface area contributed by atoms with Crippen LogP contribution in [0.3, 0.4) is 0 Å². The zero-order valence-corrected chi connectivity index (χ0v) is 13.6. The van der Waals surface area contributed by atoms with Crippen LogP contribution in [0.1, 0.15) is 35.7 Å². The van der Waals surface area contributed by atoms with E-state index >= 15 is 0 Å². The zero-order valence-electron chi connectivity index (χ0n) is 13.6. The summed E-state index contributed by atoms with van der Waals surface area (Å²) in [4.78, 5) is 16.9. The van der Waals surface area contributed by atoms with Gasteiger partial charge in [-0.2, -0.15) is 0 Å². The summed E-state index contributed by atoms with van der Waals surface area (Å²) in [6.45, 7) is 5.98. The number of Topliss-reactive ketones (excluding diaryl/α,β-unsaturated/α-hetero) is 1. The van der Waals surface area contributed by atoms with Gasteiger partial charge in [-0.1, -0.05) is 31.2 Å². The highest BCUT2D eigenvalue weighted by Crippen LogP contribution is 2.18. The molecule has 1 saturated heterocycles. The Morgan fingerprint density at radius 2 is 1.81 bits per heavy atom. The molecule has 0 bridgehead atoms. The molecule has 1 aromatic carbocycles. The minimum Gasteiger partial charge on any atom is -0.309 e. The lowest BCUT2D eigenvalue weighted by Crippen LogP contribution is -2.39. The van der Waals surface area contributed by atoms with Gasteiger partial charge in [0.2, 0.25) is 0 Å². The quantitative estimate of drug-likeness (QED) is 0.752. The standard InChI is InChI=1S/C18H28N2O/c1-4-15-5-7-17(8-6-15)18(21)14-20-11-9-16(10-12-20)13-19(2)3/h5-8,16H,4,9-14H2,1-3H3. The molecule has 2 rings (SSSR count). The summed E-state index contributed by atoms with van der Waals surface area (Å²) in [7, 11) is 4.27. The number of carbonyl (C=O) groups excluding carboxylic acids is 1. The van der Waals surface area contributed by atoms with E-state index in [-0.39, 0.29) is 5.78 Å². The molecule has 0 aliphatic carbocycles. The Kier molecular flexibility index (Phi) is 5.95. The first-order chi connectivity index (χ1) is 10.1. The van der Waals surface area contributed by atoms with Gasteiger partial charge in [-0.05, 0) is 57.9 Å². The van der Waals surface area contributed by atoms with Gasteiger partial charge < -0.3 is 4.90 Å². The van der Waals surface area contributed by atoms with Crippen molar-refractivity contribution in [2.45, 2.75) is 26.2 Å². The molecule has 0 unspecified atom stereocenters. The molecule has 1 heterocycles. The molecule has 0 atom stereocenters. The van der Waals surface area contributed by atoms with Crippen LogP contribution >= 0.6 is 0 Å². The van der Waals surface area contributed by atoms with E-state index in [1.165, 1.54) is 24.9 Å². The van der Waals surface area contributed by atoms with Gasteiger partial charge in [0.1, 0.15) is 0 Å². The van der Waals surface area contributed by atoms with Crippen molar-refractivity contribution in [2.75, 3.05) is 40.3 Å². The summed E-state index contributed by atoms with van der Waals surface area (Å²) in [5.41, 5.74) is 2.14. The number of likely N-dealkylation sites (tertiary alicyclic amines) is 1. The molecule has 0 spiro atoms. The Balaban J connectivity index is 1.81. The average molecular weight is 288 g/mol. The number of piperidine rings is 1. The van der Waals surface area contributed by atoms with Crippen LogP contribution in [-0.2, 0) is 6.42 Å². The number of benzene rings is 1. The molecule has 3 heteroatoms. The topological polar surface area (TPSA) is 23.6 Å². The summed E-state index contributed by atoms with van der Waals surface area (Å²) in [6, 6.07) is 8.08. The molecular weight excluding hydrogens is 260 g/mol. The highest BCUT2D eigenvalue weighted by Gasteiger charge is 2.21. The second-order valence-corrected chi connectivity index (χ2v) is 6.46. The van der Waals surface area contributed by atoms with Crippen molar-refractivity contribution < 1.29 is 4.79 Å². The number of carbonyl (C=O) groups is 1. The van der Waals surface area contributed by atoms with Crippen LogP contribution in [0, 0.1) is 5.92 Å². The predicted octanol–water partition coefficient (Wildman–Crippen LogP) is 2.71. The normalized spacial score (nSPS) is 17.3. The Morgan fingerprint density at radius 3 is 2.33 bits per heavy atom. The van der Waals surface area contributed by atoms with E-state index in [2.05, 4.69) is 43.0 Å². The van der Waals surface area contributed by atoms with Gasteiger partial charge >= 0.3 is 0 Å². The summed E-state index contributed by atoms with van der Waals surface area (Å²) >= 11 is 0. The molecule has 1 fully saturated rings. The molecule has 1 aromatic rings. The van der Waals surface area contributed by atoms with E-state index in [0.717, 1.165) is 31.0 Å². The van der Waals surface area contributed by atoms with Crippen molar-refractivity contribution in [1.82, 2.24) is 9.80 Å². The maximum atomic E-state index is 12.3. The molecule has 0 saturated carbocycles. The minimum atomic E-state index is 0.253. The molecule has 0 amide bonds. The summed E-state index contributed by atoms with van der Waals surface area (Å²) < 4.78 is 0. The van der Waals surface area contributed by atoms with Gasteiger partial charge in [-0.3, -0.25) is 9.69 Å². The SMILES string of the molecule is CCc1ccc(C(=O)CN2CCC(CN(C)C)CC2)cc1. The Hall–Kier alpha value is -1.19. The van der Waals surface area contributed by atoms with Crippen molar-refractivity contribution in [1.29, 1.82) is 0 Å². The van der Waals surface area contributed by atoms with Crippen molar-refractivity contribution in [3.63, 3.8) is 0 Å². The van der Waals surface area contributed by atoms with Gasteiger partial charge in [0.15, 0.2) is 5.78 Å². The monoisotopic (exact) mass is 288 g/mol. The number of hydrogen-bond donors (Lipinski definition) is 0. The lowest BCUT2D eigenvalue weighted by atomic mass is 9.96. The first-order valence-corrected chi connectivity index (χ1v) is 8.07. The van der Waals surface area contributed by atoms with E-state index in [0.29, 0.717) is 6.54 Å². The van der Waals surface area contributed by atoms with Gasteiger partial charge in [0.25, 0.3) is 0 Å². The van der Waals surface area contributed by atoms with Crippen LogP contribution in [0.4, 0.5) is 0 Å². The Morgan fingerprint density at radius 1 is 1.19 bits per heavy atom. The van der Waals surface area contributed by atoms with E-state index in [4.69, 9.17) is 0 Å². The lowest BCUT2D eigenvalue weighted by molar-refractivity contribution is 0.0886. The maximum absolute atomic E-state index is 12.3. The molecule has 116 valence electrons. The van der Waals surface area contributed by atoms with Crippen LogP contribution < -0.4 is 0 Å². The second kappa shape index (κ2) is 7.71. The van der Waals surface area contributed by atoms with Crippen LogP contribution in [0.15, 0.2) is 24.3 Å². The fraction of sp³-hybridized carbons (Fsp3) is 0.611. The van der Waals surface area contributed by atoms with E-state index in [9.17, 15) is 4.79 Å². The van der Waals surface area contributed by atoms with Gasteiger partial charge in [-0.25, -0.2) is 0 Å². The molecule has 3 nitrogen and oxygen atoms in total. The third-order valence-corrected chi connectivity index (χ3v) is 4.38. The first-order valence-electron chi connectivity index (χ1n) is 8.07. The van der Waals surface area contributed by atoms with Crippen LogP contribution in [-0.4, -0.2) is 55.9 Å². The fourth-order valence-corrected chi connectivity index (χ4v) is 3.06.